The molecular weight excluding hydrogens is 334 g/mol. The van der Waals surface area contributed by atoms with Crippen molar-refractivity contribution in [2.45, 2.75) is 38.6 Å². The number of ketones is 1. The average Bonchev–Trinajstić information content (AvgIpc) is 3.45. The van der Waals surface area contributed by atoms with Gasteiger partial charge in [0.15, 0.2) is 5.78 Å². The van der Waals surface area contributed by atoms with Crippen molar-refractivity contribution in [3.63, 3.8) is 0 Å². The number of fused-ring (bicyclic) bond motifs is 3. The zero-order chi connectivity index (χ0) is 18.5. The Balaban J connectivity index is 1.80. The predicted octanol–water partition coefficient (Wildman–Crippen LogP) is 4.86. The van der Waals surface area contributed by atoms with Gasteiger partial charge < -0.3 is 0 Å². The highest BCUT2D eigenvalue weighted by molar-refractivity contribution is 6.15. The lowest BCUT2D eigenvalue weighted by Crippen LogP contribution is -2.07. The maximum absolute atomic E-state index is 12.1. The maximum atomic E-state index is 12.1. The van der Waals surface area contributed by atoms with Crippen LogP contribution in [0.2, 0.25) is 0 Å². The summed E-state index contributed by atoms with van der Waals surface area (Å²) in [6, 6.07) is 16.8. The molecule has 1 aliphatic carbocycles. The number of imidazole rings is 1. The highest BCUT2D eigenvalue weighted by Crippen LogP contribution is 2.42. The van der Waals surface area contributed by atoms with E-state index in [9.17, 15) is 4.79 Å². The summed E-state index contributed by atoms with van der Waals surface area (Å²) in [5.41, 5.74) is 7.00. The summed E-state index contributed by atoms with van der Waals surface area (Å²) in [7, 11) is 0. The number of aliphatic imine (C=N–C) groups is 1. The van der Waals surface area contributed by atoms with Crippen molar-refractivity contribution in [1.29, 1.82) is 0 Å². The lowest BCUT2D eigenvalue weighted by Gasteiger charge is -2.13. The van der Waals surface area contributed by atoms with Gasteiger partial charge in [0.2, 0.25) is 0 Å². The number of hydrogen-bond acceptors (Lipinski definition) is 3. The van der Waals surface area contributed by atoms with Crippen LogP contribution < -0.4 is 0 Å². The highest BCUT2D eigenvalue weighted by Gasteiger charge is 2.29. The second-order valence-electron chi connectivity index (χ2n) is 7.48. The standard InChI is InChI=1S/C23H21N3O/c1-14-23-21(15(2)27)24-13-26(23)20-11-10-18(16-8-9-16)12-19(20)22(25-14)17-6-4-3-5-7-17/h3-7,10-14,16H,8-9H2,1-2H3/t14-/m1/s1. The third-order valence-corrected chi connectivity index (χ3v) is 5.49. The second-order valence-corrected chi connectivity index (χ2v) is 7.48. The smallest absolute Gasteiger partial charge is 0.180 e. The van der Waals surface area contributed by atoms with Gasteiger partial charge in [0.05, 0.1) is 23.1 Å². The number of nitrogens with zero attached hydrogens (tertiary/aromatic N) is 3. The molecule has 0 saturated heterocycles. The van der Waals surface area contributed by atoms with Crippen molar-refractivity contribution in [2.75, 3.05) is 0 Å². The quantitative estimate of drug-likeness (QED) is 0.630. The number of carbonyl (C=O) groups excluding carboxylic acids is 1. The molecule has 0 unspecified atom stereocenters. The maximum Gasteiger partial charge on any atom is 0.180 e. The summed E-state index contributed by atoms with van der Waals surface area (Å²) in [6.07, 6.45) is 4.29. The third kappa shape index (κ3) is 2.64. The van der Waals surface area contributed by atoms with E-state index in [0.29, 0.717) is 11.6 Å². The molecule has 5 rings (SSSR count). The lowest BCUT2D eigenvalue weighted by molar-refractivity contribution is 0.101. The van der Waals surface area contributed by atoms with Crippen molar-refractivity contribution >= 4 is 11.5 Å². The first-order valence-corrected chi connectivity index (χ1v) is 9.49. The van der Waals surface area contributed by atoms with Gasteiger partial charge in [-0.15, -0.1) is 0 Å². The molecule has 2 aromatic carbocycles. The van der Waals surface area contributed by atoms with Crippen LogP contribution in [0.25, 0.3) is 5.69 Å². The van der Waals surface area contributed by atoms with Crippen LogP contribution in [0.5, 0.6) is 0 Å². The van der Waals surface area contributed by atoms with Crippen LogP contribution in [-0.4, -0.2) is 21.0 Å². The van der Waals surface area contributed by atoms with Crippen LogP contribution in [0.3, 0.4) is 0 Å². The van der Waals surface area contributed by atoms with E-state index in [1.807, 2.05) is 29.7 Å². The number of aromatic nitrogens is 2. The molecular formula is C23H21N3O. The molecule has 0 bridgehead atoms. The fraction of sp³-hybridized carbons (Fsp3) is 0.261. The number of carbonyl (C=O) groups is 1. The van der Waals surface area contributed by atoms with Crippen molar-refractivity contribution in [3.8, 4) is 5.69 Å². The van der Waals surface area contributed by atoms with Gasteiger partial charge >= 0.3 is 0 Å². The monoisotopic (exact) mass is 355 g/mol. The minimum atomic E-state index is -0.154. The van der Waals surface area contributed by atoms with Crippen molar-refractivity contribution in [3.05, 3.63) is 82.9 Å². The molecule has 4 nitrogen and oxygen atoms in total. The van der Waals surface area contributed by atoms with Crippen LogP contribution in [0, 0.1) is 0 Å². The summed E-state index contributed by atoms with van der Waals surface area (Å²) >= 11 is 0. The first-order chi connectivity index (χ1) is 13.1. The van der Waals surface area contributed by atoms with Gasteiger partial charge in [-0.3, -0.25) is 14.4 Å². The topological polar surface area (TPSA) is 47.2 Å². The zero-order valence-electron chi connectivity index (χ0n) is 15.5. The Morgan fingerprint density at radius 3 is 2.59 bits per heavy atom. The van der Waals surface area contributed by atoms with Gasteiger partial charge in [0, 0.05) is 18.1 Å². The van der Waals surface area contributed by atoms with Gasteiger partial charge in [-0.1, -0.05) is 36.4 Å². The minimum absolute atomic E-state index is 0.0230. The predicted molar refractivity (Wildman–Crippen MR) is 106 cm³/mol. The van der Waals surface area contributed by atoms with E-state index in [0.717, 1.165) is 28.2 Å². The summed E-state index contributed by atoms with van der Waals surface area (Å²) < 4.78 is 2.05. The van der Waals surface area contributed by atoms with Gasteiger partial charge in [0.25, 0.3) is 0 Å². The Morgan fingerprint density at radius 2 is 1.89 bits per heavy atom. The SMILES string of the molecule is CC(=O)c1ncn2c1[C@@H](C)N=C(c1ccccc1)c1cc(C3CC3)ccc1-2. The molecule has 1 aromatic heterocycles. The number of hydrogen-bond donors (Lipinski definition) is 0. The molecule has 3 aromatic rings. The van der Waals surface area contributed by atoms with E-state index in [1.165, 1.54) is 18.4 Å². The Labute approximate surface area is 158 Å². The number of Topliss-reactive ketones (excluding diaryl/α,β-unsaturated/α-hetero) is 1. The van der Waals surface area contributed by atoms with Crippen LogP contribution in [0.15, 0.2) is 59.9 Å². The van der Waals surface area contributed by atoms with E-state index in [-0.39, 0.29) is 11.8 Å². The minimum Gasteiger partial charge on any atom is -0.300 e. The fourth-order valence-corrected chi connectivity index (χ4v) is 3.99. The Bertz CT molecular complexity index is 1070. The first-order valence-electron chi connectivity index (χ1n) is 9.49. The molecule has 0 spiro atoms. The molecule has 1 atom stereocenters. The summed E-state index contributed by atoms with van der Waals surface area (Å²) in [4.78, 5) is 21.6. The zero-order valence-corrected chi connectivity index (χ0v) is 15.5. The number of benzene rings is 2. The normalized spacial score (nSPS) is 18.3. The third-order valence-electron chi connectivity index (χ3n) is 5.49. The summed E-state index contributed by atoms with van der Waals surface area (Å²) in [5, 5.41) is 0. The molecule has 1 fully saturated rings. The second kappa shape index (κ2) is 6.02. The van der Waals surface area contributed by atoms with E-state index in [2.05, 4.69) is 35.3 Å². The molecule has 0 radical (unpaired) electrons. The molecule has 2 heterocycles. The molecule has 27 heavy (non-hydrogen) atoms. The van der Waals surface area contributed by atoms with Crippen LogP contribution >= 0.6 is 0 Å². The van der Waals surface area contributed by atoms with Gasteiger partial charge in [-0.2, -0.15) is 0 Å². The van der Waals surface area contributed by atoms with Crippen molar-refractivity contribution < 1.29 is 4.79 Å². The molecule has 2 aliphatic rings. The van der Waals surface area contributed by atoms with Crippen LogP contribution in [0.4, 0.5) is 0 Å². The Kier molecular flexibility index (Phi) is 3.61. The van der Waals surface area contributed by atoms with Crippen molar-refractivity contribution in [2.24, 2.45) is 4.99 Å². The average molecular weight is 355 g/mol. The Hall–Kier alpha value is -3.01. The molecule has 134 valence electrons. The molecule has 0 N–H and O–H groups in total. The van der Waals surface area contributed by atoms with E-state index >= 15 is 0 Å². The van der Waals surface area contributed by atoms with Gasteiger partial charge in [-0.05, 0) is 43.4 Å². The van der Waals surface area contributed by atoms with Crippen LogP contribution in [0.1, 0.15) is 71.5 Å². The summed E-state index contributed by atoms with van der Waals surface area (Å²) in [6.45, 7) is 3.61. The van der Waals surface area contributed by atoms with Crippen molar-refractivity contribution in [1.82, 2.24) is 9.55 Å². The van der Waals surface area contributed by atoms with E-state index in [4.69, 9.17) is 4.99 Å². The first kappa shape index (κ1) is 16.2. The Morgan fingerprint density at radius 1 is 1.11 bits per heavy atom. The molecule has 1 aliphatic heterocycles. The van der Waals surface area contributed by atoms with E-state index < -0.39 is 0 Å². The highest BCUT2D eigenvalue weighted by atomic mass is 16.1. The molecule has 1 saturated carbocycles. The van der Waals surface area contributed by atoms with Crippen LogP contribution in [-0.2, 0) is 0 Å². The fourth-order valence-electron chi connectivity index (χ4n) is 3.99. The van der Waals surface area contributed by atoms with Gasteiger partial charge in [0.1, 0.15) is 12.0 Å². The van der Waals surface area contributed by atoms with Gasteiger partial charge in [-0.25, -0.2) is 4.98 Å². The molecule has 4 heteroatoms. The largest absolute Gasteiger partial charge is 0.300 e. The lowest BCUT2D eigenvalue weighted by atomic mass is 9.97. The van der Waals surface area contributed by atoms with E-state index in [1.54, 1.807) is 13.3 Å². The summed E-state index contributed by atoms with van der Waals surface area (Å²) in [5.74, 6) is 0.646. The number of rotatable bonds is 3. The molecule has 0 amide bonds.